The Labute approximate surface area is 163 Å². The van der Waals surface area contributed by atoms with Crippen molar-refractivity contribution >= 4 is 51.6 Å². The van der Waals surface area contributed by atoms with Gasteiger partial charge in [-0.2, -0.15) is 0 Å². The van der Waals surface area contributed by atoms with E-state index in [9.17, 15) is 19.2 Å². The van der Waals surface area contributed by atoms with Gasteiger partial charge in [0.1, 0.15) is 0 Å². The molecule has 0 aromatic rings. The van der Waals surface area contributed by atoms with Gasteiger partial charge >= 0.3 is 0 Å². The minimum absolute atomic E-state index is 0.0742. The van der Waals surface area contributed by atoms with Crippen molar-refractivity contribution in [3.05, 3.63) is 0 Å². The van der Waals surface area contributed by atoms with Crippen LogP contribution in [-0.2, 0) is 19.2 Å². The van der Waals surface area contributed by atoms with E-state index in [2.05, 4.69) is 12.2 Å². The zero-order chi connectivity index (χ0) is 19.4. The molecule has 0 aromatic carbocycles. The van der Waals surface area contributed by atoms with Crippen molar-refractivity contribution < 1.29 is 19.2 Å². The Morgan fingerprint density at radius 1 is 1.27 bits per heavy atom. The second-order valence-corrected chi connectivity index (χ2v) is 9.20. The van der Waals surface area contributed by atoms with Gasteiger partial charge in [-0.15, -0.1) is 20.3 Å². The van der Waals surface area contributed by atoms with Crippen molar-refractivity contribution in [2.45, 2.75) is 50.7 Å². The predicted octanol–water partition coefficient (Wildman–Crippen LogP) is 1.31. The summed E-state index contributed by atoms with van der Waals surface area (Å²) in [4.78, 5) is 47.9. The third kappa shape index (κ3) is 9.18. The summed E-state index contributed by atoms with van der Waals surface area (Å²) in [7, 11) is 5.98. The van der Waals surface area contributed by atoms with Gasteiger partial charge in [0.15, 0.2) is 7.85 Å². The zero-order valence-electron chi connectivity index (χ0n) is 15.4. The Morgan fingerprint density at radius 3 is 2.73 bits per heavy atom. The van der Waals surface area contributed by atoms with E-state index in [0.29, 0.717) is 25.1 Å². The maximum Gasteiger partial charge on any atom is 0.242 e. The van der Waals surface area contributed by atoms with Crippen LogP contribution in [0.15, 0.2) is 0 Å². The molecule has 1 fully saturated rings. The third-order valence-electron chi connectivity index (χ3n) is 4.03. The van der Waals surface area contributed by atoms with Crippen molar-refractivity contribution in [1.82, 2.24) is 10.2 Å². The number of nitrogens with one attached hydrogen (secondary N) is 1. The number of carbonyl (C=O) groups excluding carboxylic acids is 4. The van der Waals surface area contributed by atoms with Crippen LogP contribution in [0.5, 0.6) is 0 Å². The maximum absolute atomic E-state index is 12.2. The van der Waals surface area contributed by atoms with Crippen LogP contribution in [-0.4, -0.2) is 72.6 Å². The number of rotatable bonds is 14. The molecule has 6 nitrogen and oxygen atoms in total. The summed E-state index contributed by atoms with van der Waals surface area (Å²) < 4.78 is 0. The van der Waals surface area contributed by atoms with E-state index in [1.807, 2.05) is 0 Å². The third-order valence-corrected chi connectivity index (χ3v) is 6.34. The molecular formula is C17H28BN2O4PS. The van der Waals surface area contributed by atoms with Gasteiger partial charge in [0.2, 0.25) is 17.7 Å². The average molecular weight is 398 g/mol. The number of likely N-dealkylation sites (tertiary alicyclic amines) is 1. The summed E-state index contributed by atoms with van der Waals surface area (Å²) in [6, 6.07) is 0. The first kappa shape index (κ1) is 23.2. The Hall–Kier alpha value is -0.875. The molecule has 0 spiro atoms. The molecule has 1 aliphatic heterocycles. The highest BCUT2D eigenvalue weighted by atomic mass is 32.2. The minimum atomic E-state index is -0.402. The number of thioether (sulfide) groups is 1. The molecule has 2 unspecified atom stereocenters. The molecule has 1 rings (SSSR count). The first-order chi connectivity index (χ1) is 12.5. The van der Waals surface area contributed by atoms with Crippen LogP contribution in [0.4, 0.5) is 0 Å². The topological polar surface area (TPSA) is 83.6 Å². The first-order valence-electron chi connectivity index (χ1n) is 9.17. The fraction of sp³-hybridized carbons (Fsp3) is 0.765. The Balaban J connectivity index is 2.14. The smallest absolute Gasteiger partial charge is 0.242 e. The standard InChI is InChI=1S/C17H28BN2O4PS/c1-2-25-10-8-19-15(22)6-4-3-5-9-20-16(23)12-13(17(20)24)26-11-7-14(18)21/h13,25H,2-12H2,1H3,(H,19,22). The van der Waals surface area contributed by atoms with Crippen LogP contribution in [0.25, 0.3) is 0 Å². The molecule has 1 aliphatic rings. The Kier molecular flexibility index (Phi) is 11.9. The number of hydrogen-bond donors (Lipinski definition) is 1. The lowest BCUT2D eigenvalue weighted by Crippen LogP contribution is -2.32. The van der Waals surface area contributed by atoms with E-state index in [1.165, 1.54) is 16.7 Å². The zero-order valence-corrected chi connectivity index (χ0v) is 17.2. The predicted molar refractivity (Wildman–Crippen MR) is 108 cm³/mol. The van der Waals surface area contributed by atoms with Crippen molar-refractivity contribution in [3.63, 3.8) is 0 Å². The molecule has 0 aliphatic carbocycles. The molecule has 144 valence electrons. The van der Waals surface area contributed by atoms with E-state index in [0.717, 1.165) is 40.3 Å². The summed E-state index contributed by atoms with van der Waals surface area (Å²) in [6.07, 6.45) is 5.37. The van der Waals surface area contributed by atoms with Gasteiger partial charge < -0.3 is 10.1 Å². The quantitative estimate of drug-likeness (QED) is 0.207. The normalized spacial score (nSPS) is 17.4. The Bertz CT molecular complexity index is 507. The summed E-state index contributed by atoms with van der Waals surface area (Å²) in [5.74, 6) is 0.214. The highest BCUT2D eigenvalue weighted by molar-refractivity contribution is 8.00. The van der Waals surface area contributed by atoms with Gasteiger partial charge in [-0.3, -0.25) is 19.3 Å². The van der Waals surface area contributed by atoms with Crippen LogP contribution in [0.1, 0.15) is 45.4 Å². The van der Waals surface area contributed by atoms with Crippen LogP contribution in [0, 0.1) is 0 Å². The number of unbranched alkanes of at least 4 members (excludes halogenated alkanes) is 2. The molecule has 9 heteroatoms. The monoisotopic (exact) mass is 398 g/mol. The second-order valence-electron chi connectivity index (χ2n) is 6.18. The molecule has 2 atom stereocenters. The molecule has 0 aromatic heterocycles. The molecule has 1 N–H and O–H groups in total. The van der Waals surface area contributed by atoms with Crippen molar-refractivity contribution in [1.29, 1.82) is 0 Å². The lowest BCUT2D eigenvalue weighted by molar-refractivity contribution is -0.138. The molecule has 2 radical (unpaired) electrons. The number of nitrogens with zero attached hydrogens (tertiary/aromatic N) is 1. The van der Waals surface area contributed by atoms with E-state index >= 15 is 0 Å². The molecule has 1 heterocycles. The number of amides is 3. The second kappa shape index (κ2) is 13.3. The summed E-state index contributed by atoms with van der Waals surface area (Å²) in [5, 5.41) is 2.52. The van der Waals surface area contributed by atoms with Crippen molar-refractivity contribution in [3.8, 4) is 0 Å². The van der Waals surface area contributed by atoms with Crippen molar-refractivity contribution in [2.24, 2.45) is 0 Å². The fourth-order valence-corrected chi connectivity index (χ4v) is 4.40. The van der Waals surface area contributed by atoms with Crippen LogP contribution in [0.3, 0.4) is 0 Å². The van der Waals surface area contributed by atoms with Crippen molar-refractivity contribution in [2.75, 3.05) is 31.2 Å². The number of carbonyl (C=O) groups is 4. The van der Waals surface area contributed by atoms with Gasteiger partial charge in [-0.1, -0.05) is 13.3 Å². The Morgan fingerprint density at radius 2 is 2.04 bits per heavy atom. The lowest BCUT2D eigenvalue weighted by atomic mass is 10.0. The molecule has 1 saturated heterocycles. The van der Waals surface area contributed by atoms with Gasteiger partial charge in [-0.25, -0.2) is 0 Å². The van der Waals surface area contributed by atoms with E-state index in [1.54, 1.807) is 0 Å². The highest BCUT2D eigenvalue weighted by Crippen LogP contribution is 2.26. The molecular weight excluding hydrogens is 370 g/mol. The number of imide groups is 1. The average Bonchev–Trinajstić information content (AvgIpc) is 2.85. The minimum Gasteiger partial charge on any atom is -0.356 e. The van der Waals surface area contributed by atoms with E-state index in [-0.39, 0.29) is 30.6 Å². The largest absolute Gasteiger partial charge is 0.356 e. The van der Waals surface area contributed by atoms with E-state index < -0.39 is 10.9 Å². The van der Waals surface area contributed by atoms with Gasteiger partial charge in [-0.05, 0) is 25.2 Å². The summed E-state index contributed by atoms with van der Waals surface area (Å²) in [6.45, 7) is 3.29. The molecule has 0 saturated carbocycles. The van der Waals surface area contributed by atoms with Gasteiger partial charge in [0.25, 0.3) is 0 Å². The molecule has 0 bridgehead atoms. The molecule has 26 heavy (non-hydrogen) atoms. The number of hydrogen-bond acceptors (Lipinski definition) is 5. The summed E-state index contributed by atoms with van der Waals surface area (Å²) in [5.41, 5.74) is -0.402. The van der Waals surface area contributed by atoms with Crippen LogP contribution >= 0.6 is 20.3 Å². The van der Waals surface area contributed by atoms with Crippen LogP contribution in [0.2, 0.25) is 0 Å². The first-order valence-corrected chi connectivity index (χ1v) is 11.6. The molecule has 3 amide bonds. The van der Waals surface area contributed by atoms with Gasteiger partial charge in [0.05, 0.1) is 10.9 Å². The fourth-order valence-electron chi connectivity index (χ4n) is 2.61. The van der Waals surface area contributed by atoms with Crippen LogP contribution < -0.4 is 5.32 Å². The van der Waals surface area contributed by atoms with E-state index in [4.69, 9.17) is 7.85 Å². The SMILES string of the molecule is [B]C(=O)CCSC1CC(=O)N(CCCCCC(=O)NCCPCC)C1=O. The lowest BCUT2D eigenvalue weighted by Gasteiger charge is -2.14. The van der Waals surface area contributed by atoms with Gasteiger partial charge in [0, 0.05) is 38.1 Å². The maximum atomic E-state index is 12.2. The summed E-state index contributed by atoms with van der Waals surface area (Å²) >= 11 is 1.32. The highest BCUT2D eigenvalue weighted by Gasteiger charge is 2.38.